The van der Waals surface area contributed by atoms with E-state index in [2.05, 4.69) is 0 Å². The van der Waals surface area contributed by atoms with E-state index in [1.165, 1.54) is 0 Å². The summed E-state index contributed by atoms with van der Waals surface area (Å²) in [4.78, 5) is 14.0. The molecule has 1 heterocycles. The molecule has 1 aliphatic heterocycles. The Labute approximate surface area is 132 Å². The zero-order valence-electron chi connectivity index (χ0n) is 13.6. The van der Waals surface area contributed by atoms with Crippen molar-refractivity contribution in [2.24, 2.45) is 5.73 Å². The Hall–Kier alpha value is -1.59. The number of carbonyl (C=O) groups is 1. The van der Waals surface area contributed by atoms with Gasteiger partial charge in [-0.3, -0.25) is 0 Å². The summed E-state index contributed by atoms with van der Waals surface area (Å²) in [5, 5.41) is 11.1. The maximum atomic E-state index is 12.4. The second-order valence-electron chi connectivity index (χ2n) is 6.83. The molecular weight excluding hydrogens is 280 g/mol. The topological polar surface area (TPSA) is 75.8 Å². The van der Waals surface area contributed by atoms with Crippen molar-refractivity contribution in [1.82, 2.24) is 4.90 Å². The molecule has 1 amide bonds. The van der Waals surface area contributed by atoms with Crippen molar-refractivity contribution in [2.45, 2.75) is 50.9 Å². The number of aliphatic hydroxyl groups is 1. The molecule has 5 heteroatoms. The molecule has 0 bridgehead atoms. The molecule has 3 N–H and O–H groups in total. The Balaban J connectivity index is 2.26. The first-order valence-electron chi connectivity index (χ1n) is 7.75. The van der Waals surface area contributed by atoms with Gasteiger partial charge in [-0.15, -0.1) is 0 Å². The first kappa shape index (κ1) is 16.8. The quantitative estimate of drug-likeness (QED) is 0.898. The van der Waals surface area contributed by atoms with Crippen LogP contribution in [0.1, 0.15) is 39.2 Å². The van der Waals surface area contributed by atoms with Crippen molar-refractivity contribution in [3.8, 4) is 0 Å². The Morgan fingerprint density at radius 3 is 2.55 bits per heavy atom. The van der Waals surface area contributed by atoms with Crippen LogP contribution in [0.3, 0.4) is 0 Å². The Morgan fingerprint density at radius 2 is 2.00 bits per heavy atom. The van der Waals surface area contributed by atoms with Gasteiger partial charge in [0.25, 0.3) is 0 Å². The zero-order chi connectivity index (χ0) is 16.4. The molecule has 2 rings (SSSR count). The molecule has 122 valence electrons. The van der Waals surface area contributed by atoms with Gasteiger partial charge in [-0.25, -0.2) is 4.79 Å². The fraction of sp³-hybridized carbons (Fsp3) is 0.588. The number of amides is 1. The Bertz CT molecular complexity index is 512. The number of hydrogen-bond acceptors (Lipinski definition) is 4. The number of benzene rings is 1. The predicted molar refractivity (Wildman–Crippen MR) is 85.4 cm³/mol. The van der Waals surface area contributed by atoms with E-state index in [0.717, 1.165) is 12.0 Å². The van der Waals surface area contributed by atoms with E-state index in [1.807, 2.05) is 51.1 Å². The molecule has 0 spiro atoms. The highest BCUT2D eigenvalue weighted by Crippen LogP contribution is 2.35. The largest absolute Gasteiger partial charge is 0.444 e. The molecule has 22 heavy (non-hydrogen) atoms. The maximum absolute atomic E-state index is 12.4. The van der Waals surface area contributed by atoms with E-state index < -0.39 is 17.3 Å². The maximum Gasteiger partial charge on any atom is 0.410 e. The first-order valence-corrected chi connectivity index (χ1v) is 7.75. The normalized spacial score (nSPS) is 21.5. The van der Waals surface area contributed by atoms with Crippen molar-refractivity contribution < 1.29 is 14.6 Å². The SMILES string of the molecule is CC(C)(C)OC(=O)N1CCC[C@@H]1[C@@](O)(CN)c1ccccc1. The van der Waals surface area contributed by atoms with Crippen LogP contribution in [0.4, 0.5) is 4.79 Å². The average molecular weight is 306 g/mol. The number of likely N-dealkylation sites (tertiary alicyclic amines) is 1. The third-order valence-electron chi connectivity index (χ3n) is 4.02. The summed E-state index contributed by atoms with van der Waals surface area (Å²) in [6.45, 7) is 6.14. The molecular formula is C17H26N2O3. The molecule has 1 saturated heterocycles. The summed E-state index contributed by atoms with van der Waals surface area (Å²) < 4.78 is 5.46. The van der Waals surface area contributed by atoms with E-state index in [9.17, 15) is 9.90 Å². The lowest BCUT2D eigenvalue weighted by Crippen LogP contribution is -2.54. The lowest BCUT2D eigenvalue weighted by Gasteiger charge is -2.39. The minimum absolute atomic E-state index is 0.0565. The first-order chi connectivity index (χ1) is 10.3. The molecule has 1 fully saturated rings. The standard InChI is InChI=1S/C17H26N2O3/c1-16(2,3)22-15(20)19-11-7-10-14(19)17(21,12-18)13-8-5-4-6-9-13/h4-6,8-9,14,21H,7,10-12,18H2,1-3H3/t14-,17-/m1/s1. The van der Waals surface area contributed by atoms with Crippen molar-refractivity contribution in [3.05, 3.63) is 35.9 Å². The minimum Gasteiger partial charge on any atom is -0.444 e. The molecule has 1 aliphatic rings. The van der Waals surface area contributed by atoms with Gasteiger partial charge in [0.1, 0.15) is 11.2 Å². The average Bonchev–Trinajstić information content (AvgIpc) is 2.95. The molecule has 1 aromatic carbocycles. The van der Waals surface area contributed by atoms with Gasteiger partial charge >= 0.3 is 6.09 Å². The summed E-state index contributed by atoms with van der Waals surface area (Å²) in [5.74, 6) is 0. The lowest BCUT2D eigenvalue weighted by atomic mass is 9.85. The summed E-state index contributed by atoms with van der Waals surface area (Å²) >= 11 is 0. The van der Waals surface area contributed by atoms with Gasteiger partial charge in [-0.1, -0.05) is 30.3 Å². The van der Waals surface area contributed by atoms with Crippen LogP contribution in [0, 0.1) is 0 Å². The third kappa shape index (κ3) is 3.42. The highest BCUT2D eigenvalue weighted by molar-refractivity contribution is 5.69. The van der Waals surface area contributed by atoms with Gasteiger partial charge in [0.15, 0.2) is 0 Å². The summed E-state index contributed by atoms with van der Waals surface area (Å²) in [6, 6.07) is 8.94. The van der Waals surface area contributed by atoms with E-state index >= 15 is 0 Å². The molecule has 5 nitrogen and oxygen atoms in total. The molecule has 0 saturated carbocycles. The van der Waals surface area contributed by atoms with E-state index in [4.69, 9.17) is 10.5 Å². The molecule has 0 radical (unpaired) electrons. The fourth-order valence-electron chi connectivity index (χ4n) is 2.98. The smallest absolute Gasteiger partial charge is 0.410 e. The van der Waals surface area contributed by atoms with Crippen LogP contribution in [0.2, 0.25) is 0 Å². The summed E-state index contributed by atoms with van der Waals surface area (Å²) in [6.07, 6.45) is 1.15. The molecule has 2 atom stereocenters. The predicted octanol–water partition coefficient (Wildman–Crippen LogP) is 2.23. The van der Waals surface area contributed by atoms with Gasteiger partial charge in [0.2, 0.25) is 0 Å². The fourth-order valence-corrected chi connectivity index (χ4v) is 2.98. The Morgan fingerprint density at radius 1 is 1.36 bits per heavy atom. The summed E-state index contributed by atoms with van der Waals surface area (Å²) in [5.41, 5.74) is 4.80. The van der Waals surface area contributed by atoms with Gasteiger partial charge in [-0.05, 0) is 39.2 Å². The van der Waals surface area contributed by atoms with Crippen LogP contribution in [0.5, 0.6) is 0 Å². The minimum atomic E-state index is -1.26. The van der Waals surface area contributed by atoms with Crippen LogP contribution in [0.15, 0.2) is 30.3 Å². The summed E-state index contributed by atoms with van der Waals surface area (Å²) in [7, 11) is 0. The van der Waals surface area contributed by atoms with E-state index in [0.29, 0.717) is 13.0 Å². The monoisotopic (exact) mass is 306 g/mol. The van der Waals surface area contributed by atoms with E-state index in [1.54, 1.807) is 4.90 Å². The second-order valence-corrected chi connectivity index (χ2v) is 6.83. The van der Waals surface area contributed by atoms with E-state index in [-0.39, 0.29) is 12.6 Å². The molecule has 1 aromatic rings. The highest BCUT2D eigenvalue weighted by atomic mass is 16.6. The van der Waals surface area contributed by atoms with Crippen molar-refractivity contribution in [1.29, 1.82) is 0 Å². The van der Waals surface area contributed by atoms with Crippen molar-refractivity contribution >= 4 is 6.09 Å². The number of nitrogens with zero attached hydrogens (tertiary/aromatic N) is 1. The van der Waals surface area contributed by atoms with Gasteiger partial charge < -0.3 is 20.5 Å². The van der Waals surface area contributed by atoms with Gasteiger partial charge in [0, 0.05) is 13.1 Å². The van der Waals surface area contributed by atoms with Crippen LogP contribution in [-0.4, -0.2) is 40.8 Å². The van der Waals surface area contributed by atoms with Crippen molar-refractivity contribution in [2.75, 3.05) is 13.1 Å². The molecule has 0 unspecified atom stereocenters. The second kappa shape index (κ2) is 6.26. The van der Waals surface area contributed by atoms with Gasteiger partial charge in [-0.2, -0.15) is 0 Å². The van der Waals surface area contributed by atoms with Crippen molar-refractivity contribution in [3.63, 3.8) is 0 Å². The zero-order valence-corrected chi connectivity index (χ0v) is 13.6. The number of ether oxygens (including phenoxy) is 1. The third-order valence-corrected chi connectivity index (χ3v) is 4.02. The lowest BCUT2D eigenvalue weighted by molar-refractivity contribution is -0.0426. The van der Waals surface area contributed by atoms with Crippen LogP contribution in [0.25, 0.3) is 0 Å². The van der Waals surface area contributed by atoms with Crippen LogP contribution < -0.4 is 5.73 Å². The number of carbonyl (C=O) groups excluding carboxylic acids is 1. The molecule has 0 aliphatic carbocycles. The Kier molecular flexibility index (Phi) is 4.78. The van der Waals surface area contributed by atoms with Crippen LogP contribution >= 0.6 is 0 Å². The van der Waals surface area contributed by atoms with Gasteiger partial charge in [0.05, 0.1) is 6.04 Å². The number of hydrogen-bond donors (Lipinski definition) is 2. The number of nitrogens with two attached hydrogens (primary N) is 1. The molecule has 0 aromatic heterocycles. The van der Waals surface area contributed by atoms with Crippen LogP contribution in [-0.2, 0) is 10.3 Å². The number of rotatable bonds is 3. The highest BCUT2D eigenvalue weighted by Gasteiger charge is 2.46.